The van der Waals surface area contributed by atoms with E-state index in [1.165, 1.54) is 11.8 Å². The number of aryl methyl sites for hydroxylation is 2. The zero-order valence-corrected chi connectivity index (χ0v) is 18.9. The molecule has 3 aromatic rings. The van der Waals surface area contributed by atoms with Gasteiger partial charge >= 0.3 is 0 Å². The standard InChI is InChI=1S/C24H31N5O2/c1-5-7-13-28(6-2)24-19-9-8-10-20(19)26-23-22(21(15-25-30)27-29(23)24)18-12-11-17(31-4)14-16(18)3/h11-12,14-15,30H,5-10,13H2,1-4H3. The number of oxime groups is 1. The van der Waals surface area contributed by atoms with E-state index in [-0.39, 0.29) is 0 Å². The van der Waals surface area contributed by atoms with E-state index in [2.05, 4.69) is 30.8 Å². The van der Waals surface area contributed by atoms with Crippen LogP contribution in [-0.4, -0.2) is 46.2 Å². The van der Waals surface area contributed by atoms with Crippen molar-refractivity contribution in [1.29, 1.82) is 0 Å². The van der Waals surface area contributed by atoms with Gasteiger partial charge in [-0.05, 0) is 62.8 Å². The van der Waals surface area contributed by atoms with Gasteiger partial charge in [-0.25, -0.2) is 4.98 Å². The summed E-state index contributed by atoms with van der Waals surface area (Å²) in [6, 6.07) is 5.98. The van der Waals surface area contributed by atoms with Gasteiger partial charge in [0, 0.05) is 24.3 Å². The van der Waals surface area contributed by atoms with Crippen LogP contribution in [0.2, 0.25) is 0 Å². The summed E-state index contributed by atoms with van der Waals surface area (Å²) in [5.41, 5.74) is 6.85. The molecule has 0 saturated heterocycles. The summed E-state index contributed by atoms with van der Waals surface area (Å²) in [5.74, 6) is 1.94. The fourth-order valence-electron chi connectivity index (χ4n) is 4.56. The summed E-state index contributed by atoms with van der Waals surface area (Å²) in [4.78, 5) is 7.49. The zero-order chi connectivity index (χ0) is 22.0. The number of anilines is 1. The molecular formula is C24H31N5O2. The summed E-state index contributed by atoms with van der Waals surface area (Å²) in [5, 5.41) is 17.5. The third kappa shape index (κ3) is 3.73. The largest absolute Gasteiger partial charge is 0.497 e. The van der Waals surface area contributed by atoms with Crippen LogP contribution in [0.3, 0.4) is 0 Å². The zero-order valence-electron chi connectivity index (χ0n) is 18.9. The van der Waals surface area contributed by atoms with E-state index in [4.69, 9.17) is 14.8 Å². The number of hydrogen-bond donors (Lipinski definition) is 1. The minimum Gasteiger partial charge on any atom is -0.497 e. The highest BCUT2D eigenvalue weighted by Crippen LogP contribution is 2.37. The Kier molecular flexibility index (Phi) is 6.11. The van der Waals surface area contributed by atoms with E-state index >= 15 is 0 Å². The van der Waals surface area contributed by atoms with Crippen molar-refractivity contribution in [3.63, 3.8) is 0 Å². The molecule has 2 aromatic heterocycles. The van der Waals surface area contributed by atoms with Crippen LogP contribution < -0.4 is 9.64 Å². The van der Waals surface area contributed by atoms with Gasteiger partial charge in [0.1, 0.15) is 17.3 Å². The smallest absolute Gasteiger partial charge is 0.166 e. The molecule has 7 nitrogen and oxygen atoms in total. The molecule has 0 unspecified atom stereocenters. The Bertz CT molecular complexity index is 1120. The van der Waals surface area contributed by atoms with Crippen molar-refractivity contribution < 1.29 is 9.94 Å². The van der Waals surface area contributed by atoms with Gasteiger partial charge in [-0.1, -0.05) is 24.6 Å². The molecule has 7 heteroatoms. The van der Waals surface area contributed by atoms with Crippen molar-refractivity contribution in [3.05, 3.63) is 40.7 Å². The summed E-state index contributed by atoms with van der Waals surface area (Å²) < 4.78 is 7.36. The van der Waals surface area contributed by atoms with Gasteiger partial charge < -0.3 is 14.8 Å². The molecule has 4 rings (SSSR count). The number of methoxy groups -OCH3 is 1. The second-order valence-corrected chi connectivity index (χ2v) is 8.07. The molecule has 0 atom stereocenters. The molecule has 0 bridgehead atoms. The number of ether oxygens (including phenoxy) is 1. The Morgan fingerprint density at radius 2 is 2.13 bits per heavy atom. The molecule has 1 aliphatic rings. The Balaban J connectivity index is 2.02. The molecule has 0 aliphatic heterocycles. The van der Waals surface area contributed by atoms with Gasteiger partial charge in [0.15, 0.2) is 5.65 Å². The van der Waals surface area contributed by atoms with Gasteiger partial charge in [0.05, 0.1) is 18.9 Å². The molecular weight excluding hydrogens is 390 g/mol. The molecule has 0 radical (unpaired) electrons. The lowest BCUT2D eigenvalue weighted by Gasteiger charge is -2.26. The van der Waals surface area contributed by atoms with Crippen molar-refractivity contribution in [1.82, 2.24) is 14.6 Å². The summed E-state index contributed by atoms with van der Waals surface area (Å²) in [6.07, 6.45) is 6.81. The van der Waals surface area contributed by atoms with Crippen LogP contribution in [0, 0.1) is 6.92 Å². The molecule has 0 saturated carbocycles. The van der Waals surface area contributed by atoms with Gasteiger partial charge in [-0.2, -0.15) is 9.61 Å². The highest BCUT2D eigenvalue weighted by molar-refractivity contribution is 5.96. The fourth-order valence-corrected chi connectivity index (χ4v) is 4.56. The number of rotatable bonds is 8. The SMILES string of the molecule is CCCCN(CC)c1c2c(nc3c(-c4ccc(OC)cc4C)c(C=NO)nn13)CCC2. The number of hydrogen-bond acceptors (Lipinski definition) is 6. The Morgan fingerprint density at radius 3 is 2.81 bits per heavy atom. The van der Waals surface area contributed by atoms with Crippen LogP contribution >= 0.6 is 0 Å². The average Bonchev–Trinajstić information content (AvgIpc) is 3.38. The van der Waals surface area contributed by atoms with Crippen LogP contribution in [0.15, 0.2) is 23.4 Å². The van der Waals surface area contributed by atoms with Gasteiger partial charge in [0.2, 0.25) is 0 Å². The van der Waals surface area contributed by atoms with E-state index in [0.717, 1.165) is 84.8 Å². The topological polar surface area (TPSA) is 75.2 Å². The maximum absolute atomic E-state index is 9.34. The van der Waals surface area contributed by atoms with Crippen LogP contribution in [0.25, 0.3) is 16.8 Å². The summed E-state index contributed by atoms with van der Waals surface area (Å²) in [6.45, 7) is 8.35. The first-order valence-electron chi connectivity index (χ1n) is 11.1. The van der Waals surface area contributed by atoms with Gasteiger partial charge in [-0.3, -0.25) is 0 Å². The molecule has 0 fully saturated rings. The monoisotopic (exact) mass is 421 g/mol. The first kappa shape index (κ1) is 21.2. The Labute approximate surface area is 183 Å². The molecule has 1 aromatic carbocycles. The Hall–Kier alpha value is -3.09. The number of nitrogens with zero attached hydrogens (tertiary/aromatic N) is 5. The third-order valence-corrected chi connectivity index (χ3v) is 6.13. The van der Waals surface area contributed by atoms with Crippen LogP contribution in [-0.2, 0) is 12.8 Å². The quantitative estimate of drug-likeness (QED) is 0.326. The lowest BCUT2D eigenvalue weighted by molar-refractivity contribution is 0.321. The molecule has 31 heavy (non-hydrogen) atoms. The van der Waals surface area contributed by atoms with E-state index in [1.54, 1.807) is 7.11 Å². The van der Waals surface area contributed by atoms with Crippen LogP contribution in [0.1, 0.15) is 55.6 Å². The molecule has 1 N–H and O–H groups in total. The lowest BCUT2D eigenvalue weighted by Crippen LogP contribution is -2.28. The van der Waals surface area contributed by atoms with Crippen molar-refractivity contribution in [2.24, 2.45) is 5.16 Å². The molecule has 164 valence electrons. The first-order valence-corrected chi connectivity index (χ1v) is 11.1. The predicted molar refractivity (Wildman–Crippen MR) is 124 cm³/mol. The first-order chi connectivity index (χ1) is 15.1. The van der Waals surface area contributed by atoms with Gasteiger partial charge in [-0.15, -0.1) is 0 Å². The summed E-state index contributed by atoms with van der Waals surface area (Å²) >= 11 is 0. The third-order valence-electron chi connectivity index (χ3n) is 6.13. The highest BCUT2D eigenvalue weighted by Gasteiger charge is 2.27. The van der Waals surface area contributed by atoms with Crippen LogP contribution in [0.5, 0.6) is 5.75 Å². The minimum absolute atomic E-state index is 0.611. The summed E-state index contributed by atoms with van der Waals surface area (Å²) in [7, 11) is 1.67. The van der Waals surface area contributed by atoms with E-state index in [9.17, 15) is 5.21 Å². The van der Waals surface area contributed by atoms with E-state index < -0.39 is 0 Å². The maximum atomic E-state index is 9.34. The number of benzene rings is 1. The maximum Gasteiger partial charge on any atom is 0.166 e. The lowest BCUT2D eigenvalue weighted by atomic mass is 10.00. The average molecular weight is 422 g/mol. The minimum atomic E-state index is 0.611. The van der Waals surface area contributed by atoms with Gasteiger partial charge in [0.25, 0.3) is 0 Å². The normalized spacial score (nSPS) is 13.3. The second kappa shape index (κ2) is 8.96. The van der Waals surface area contributed by atoms with Crippen molar-refractivity contribution in [2.75, 3.05) is 25.1 Å². The van der Waals surface area contributed by atoms with E-state index in [1.807, 2.05) is 22.7 Å². The molecule has 1 aliphatic carbocycles. The van der Waals surface area contributed by atoms with Crippen molar-refractivity contribution in [2.45, 2.75) is 52.9 Å². The number of aromatic nitrogens is 3. The Morgan fingerprint density at radius 1 is 1.29 bits per heavy atom. The number of fused-ring (bicyclic) bond motifs is 2. The van der Waals surface area contributed by atoms with Crippen LogP contribution in [0.4, 0.5) is 5.82 Å². The van der Waals surface area contributed by atoms with Crippen molar-refractivity contribution in [3.8, 4) is 16.9 Å². The molecule has 0 spiro atoms. The fraction of sp³-hybridized carbons (Fsp3) is 0.458. The van der Waals surface area contributed by atoms with Crippen molar-refractivity contribution >= 4 is 17.7 Å². The molecule has 2 heterocycles. The predicted octanol–water partition coefficient (Wildman–Crippen LogP) is 4.64. The molecule has 0 amide bonds. The highest BCUT2D eigenvalue weighted by atomic mass is 16.5. The second-order valence-electron chi connectivity index (χ2n) is 8.07. The van der Waals surface area contributed by atoms with E-state index in [0.29, 0.717) is 5.69 Å². The number of unbranched alkanes of at least 4 members (excludes halogenated alkanes) is 1.